The molecule has 0 atom stereocenters. The summed E-state index contributed by atoms with van der Waals surface area (Å²) in [4.78, 5) is 12.1. The lowest BCUT2D eigenvalue weighted by Crippen LogP contribution is -2.36. The van der Waals surface area contributed by atoms with Gasteiger partial charge in [0, 0.05) is 18.6 Å². The molecule has 0 spiro atoms. The summed E-state index contributed by atoms with van der Waals surface area (Å²) in [5, 5.41) is 11.9. The van der Waals surface area contributed by atoms with Crippen molar-refractivity contribution in [3.63, 3.8) is 0 Å². The summed E-state index contributed by atoms with van der Waals surface area (Å²) < 4.78 is 5.41. The number of nitrogens with one attached hydrogen (secondary N) is 1. The third-order valence-corrected chi connectivity index (χ3v) is 2.73. The van der Waals surface area contributed by atoms with Gasteiger partial charge in [0.25, 0.3) is 5.91 Å². The van der Waals surface area contributed by atoms with Crippen LogP contribution in [0, 0.1) is 5.41 Å². The molecule has 4 N–H and O–H groups in total. The molecule has 0 saturated heterocycles. The van der Waals surface area contributed by atoms with Crippen LogP contribution in [0.1, 0.15) is 31.1 Å². The van der Waals surface area contributed by atoms with Gasteiger partial charge in [-0.15, -0.1) is 0 Å². The summed E-state index contributed by atoms with van der Waals surface area (Å²) in [5.74, 6) is 0.154. The van der Waals surface area contributed by atoms with E-state index in [1.807, 2.05) is 20.8 Å². The summed E-state index contributed by atoms with van der Waals surface area (Å²) in [6.07, 6.45) is 0. The first-order valence-corrected chi connectivity index (χ1v) is 6.31. The zero-order chi connectivity index (χ0) is 14.5. The van der Waals surface area contributed by atoms with Crippen LogP contribution in [0.2, 0.25) is 0 Å². The number of carbonyl (C=O) groups is 1. The Bertz CT molecular complexity index is 444. The van der Waals surface area contributed by atoms with Crippen molar-refractivity contribution < 1.29 is 14.6 Å². The van der Waals surface area contributed by atoms with Gasteiger partial charge < -0.3 is 20.9 Å². The highest BCUT2D eigenvalue weighted by atomic mass is 16.5. The lowest BCUT2D eigenvalue weighted by Gasteiger charge is -2.22. The maximum absolute atomic E-state index is 12.1. The Labute approximate surface area is 113 Å². The van der Waals surface area contributed by atoms with Gasteiger partial charge in [-0.3, -0.25) is 4.79 Å². The quantitative estimate of drug-likeness (QED) is 0.680. The molecule has 5 nitrogen and oxygen atoms in total. The molecule has 1 amide bonds. The van der Waals surface area contributed by atoms with Crippen molar-refractivity contribution in [3.8, 4) is 5.75 Å². The number of para-hydroxylation sites is 1. The number of amides is 1. The average molecular weight is 266 g/mol. The van der Waals surface area contributed by atoms with Gasteiger partial charge in [0.2, 0.25) is 0 Å². The minimum atomic E-state index is -0.359. The maximum Gasteiger partial charge on any atom is 0.255 e. The average Bonchev–Trinajstić information content (AvgIpc) is 2.38. The molecule has 0 heterocycles. The summed E-state index contributed by atoms with van der Waals surface area (Å²) in [6.45, 7) is 6.40. The Kier molecular flexibility index (Phi) is 5.18. The largest absolute Gasteiger partial charge is 0.491 e. The second-order valence-corrected chi connectivity index (χ2v) is 5.16. The number of nitrogen functional groups attached to an aromatic ring is 1. The fourth-order valence-electron chi connectivity index (χ4n) is 1.51. The monoisotopic (exact) mass is 266 g/mol. The molecule has 1 aromatic carbocycles. The van der Waals surface area contributed by atoms with Crippen LogP contribution >= 0.6 is 0 Å². The number of anilines is 1. The summed E-state index contributed by atoms with van der Waals surface area (Å²) >= 11 is 0. The van der Waals surface area contributed by atoms with E-state index in [0.29, 0.717) is 30.2 Å². The Hall–Kier alpha value is -1.75. The van der Waals surface area contributed by atoms with Gasteiger partial charge in [0.1, 0.15) is 0 Å². The molecule has 0 radical (unpaired) electrons. The predicted molar refractivity (Wildman–Crippen MR) is 75.2 cm³/mol. The molecule has 1 aromatic rings. The number of rotatable bonds is 6. The van der Waals surface area contributed by atoms with Crippen LogP contribution in [0.5, 0.6) is 5.75 Å². The first-order valence-electron chi connectivity index (χ1n) is 6.31. The minimum Gasteiger partial charge on any atom is -0.491 e. The molecule has 0 unspecified atom stereocenters. The van der Waals surface area contributed by atoms with Crippen molar-refractivity contribution in [3.05, 3.63) is 23.8 Å². The zero-order valence-electron chi connectivity index (χ0n) is 11.7. The first-order chi connectivity index (χ1) is 8.91. The summed E-state index contributed by atoms with van der Waals surface area (Å²) in [5.41, 5.74) is 6.30. The smallest absolute Gasteiger partial charge is 0.255 e. The molecule has 106 valence electrons. The van der Waals surface area contributed by atoms with E-state index < -0.39 is 0 Å². The van der Waals surface area contributed by atoms with Crippen LogP contribution in [-0.4, -0.2) is 30.8 Å². The molecule has 0 aliphatic rings. The van der Waals surface area contributed by atoms with E-state index in [-0.39, 0.29) is 17.9 Å². The molecule has 0 fully saturated rings. The van der Waals surface area contributed by atoms with Crippen LogP contribution in [0.4, 0.5) is 5.69 Å². The lowest BCUT2D eigenvalue weighted by atomic mass is 9.95. The lowest BCUT2D eigenvalue weighted by molar-refractivity contribution is 0.0907. The zero-order valence-corrected chi connectivity index (χ0v) is 11.7. The van der Waals surface area contributed by atoms with Gasteiger partial charge in [0.15, 0.2) is 5.75 Å². The van der Waals surface area contributed by atoms with E-state index in [1.165, 1.54) is 0 Å². The molecular weight excluding hydrogens is 244 g/mol. The van der Waals surface area contributed by atoms with Crippen molar-refractivity contribution in [2.45, 2.75) is 20.8 Å². The molecule has 1 rings (SSSR count). The van der Waals surface area contributed by atoms with Crippen LogP contribution in [0.15, 0.2) is 18.2 Å². The Morgan fingerprint density at radius 1 is 1.47 bits per heavy atom. The van der Waals surface area contributed by atoms with Gasteiger partial charge in [-0.2, -0.15) is 0 Å². The Morgan fingerprint density at radius 2 is 2.16 bits per heavy atom. The number of carbonyl (C=O) groups excluding carboxylic acids is 1. The standard InChI is InChI=1S/C14H22N2O3/c1-4-19-12-10(6-5-7-11(12)15)13(18)16-8-14(2,3)9-17/h5-7,17H,4,8-9,15H2,1-3H3,(H,16,18). The number of nitrogens with two attached hydrogens (primary N) is 1. The van der Waals surface area contributed by atoms with Crippen LogP contribution in [-0.2, 0) is 0 Å². The van der Waals surface area contributed by atoms with E-state index in [0.717, 1.165) is 0 Å². The normalized spacial score (nSPS) is 11.2. The Balaban J connectivity index is 2.85. The number of hydrogen-bond donors (Lipinski definition) is 3. The SMILES string of the molecule is CCOc1c(N)cccc1C(=O)NCC(C)(C)CO. The summed E-state index contributed by atoms with van der Waals surface area (Å²) in [6, 6.07) is 5.08. The van der Waals surface area contributed by atoms with E-state index in [1.54, 1.807) is 18.2 Å². The molecule has 5 heteroatoms. The maximum atomic E-state index is 12.1. The van der Waals surface area contributed by atoms with Gasteiger partial charge >= 0.3 is 0 Å². The molecule has 0 aliphatic heterocycles. The molecule has 0 aliphatic carbocycles. The molecule has 0 aromatic heterocycles. The van der Waals surface area contributed by atoms with Gasteiger partial charge in [-0.25, -0.2) is 0 Å². The van der Waals surface area contributed by atoms with E-state index in [9.17, 15) is 4.79 Å². The minimum absolute atomic E-state index is 0.00251. The highest BCUT2D eigenvalue weighted by Gasteiger charge is 2.20. The molecular formula is C14H22N2O3. The van der Waals surface area contributed by atoms with Gasteiger partial charge in [-0.05, 0) is 19.1 Å². The molecule has 0 bridgehead atoms. The van der Waals surface area contributed by atoms with E-state index in [2.05, 4.69) is 5.32 Å². The Morgan fingerprint density at radius 3 is 2.74 bits per heavy atom. The fourth-order valence-corrected chi connectivity index (χ4v) is 1.51. The second-order valence-electron chi connectivity index (χ2n) is 5.16. The molecule has 0 saturated carbocycles. The third-order valence-electron chi connectivity index (χ3n) is 2.73. The first kappa shape index (κ1) is 15.3. The summed E-state index contributed by atoms with van der Waals surface area (Å²) in [7, 11) is 0. The van der Waals surface area contributed by atoms with Crippen molar-refractivity contribution in [1.82, 2.24) is 5.32 Å². The van der Waals surface area contributed by atoms with Gasteiger partial charge in [0.05, 0.1) is 17.9 Å². The highest BCUT2D eigenvalue weighted by molar-refractivity contribution is 5.98. The van der Waals surface area contributed by atoms with Crippen LogP contribution in [0.3, 0.4) is 0 Å². The van der Waals surface area contributed by atoms with Crippen LogP contribution in [0.25, 0.3) is 0 Å². The second kappa shape index (κ2) is 6.43. The van der Waals surface area contributed by atoms with Crippen molar-refractivity contribution in [2.75, 3.05) is 25.5 Å². The number of benzene rings is 1. The third kappa shape index (κ3) is 4.13. The number of hydrogen-bond acceptors (Lipinski definition) is 4. The van der Waals surface area contributed by atoms with Crippen molar-refractivity contribution in [2.24, 2.45) is 5.41 Å². The van der Waals surface area contributed by atoms with Crippen molar-refractivity contribution in [1.29, 1.82) is 0 Å². The molecule has 19 heavy (non-hydrogen) atoms. The van der Waals surface area contributed by atoms with E-state index >= 15 is 0 Å². The predicted octanol–water partition coefficient (Wildman–Crippen LogP) is 1.42. The van der Waals surface area contributed by atoms with Crippen molar-refractivity contribution >= 4 is 11.6 Å². The highest BCUT2D eigenvalue weighted by Crippen LogP contribution is 2.26. The van der Waals surface area contributed by atoms with E-state index in [4.69, 9.17) is 15.6 Å². The van der Waals surface area contributed by atoms with Crippen LogP contribution < -0.4 is 15.8 Å². The number of aliphatic hydroxyl groups excluding tert-OH is 1. The topological polar surface area (TPSA) is 84.6 Å². The number of aliphatic hydroxyl groups is 1. The number of ether oxygens (including phenoxy) is 1. The van der Waals surface area contributed by atoms with Gasteiger partial charge in [-0.1, -0.05) is 19.9 Å². The fraction of sp³-hybridized carbons (Fsp3) is 0.500.